The third-order valence-electron chi connectivity index (χ3n) is 3.36. The number of ether oxygens (including phenoxy) is 1. The number of alkyl halides is 3. The molecule has 1 aliphatic rings. The molecule has 1 unspecified atom stereocenters. The molecule has 6 nitrogen and oxygen atoms in total. The molecule has 0 bridgehead atoms. The van der Waals surface area contributed by atoms with E-state index in [1.807, 2.05) is 0 Å². The maximum absolute atomic E-state index is 12.7. The van der Waals surface area contributed by atoms with E-state index in [2.05, 4.69) is 9.97 Å². The first-order chi connectivity index (χ1) is 10.3. The number of hydrogen-bond acceptors (Lipinski definition) is 5. The molecular weight excluding hydrogens is 303 g/mol. The van der Waals surface area contributed by atoms with Crippen molar-refractivity contribution in [1.82, 2.24) is 9.97 Å². The number of aromatic nitrogens is 2. The molecule has 122 valence electrons. The average molecular weight is 319 g/mol. The topological polar surface area (TPSA) is 75.3 Å². The van der Waals surface area contributed by atoms with Gasteiger partial charge >= 0.3 is 12.1 Å². The normalized spacial score (nSPS) is 19.1. The number of carbonyl (C=O) groups is 1. The van der Waals surface area contributed by atoms with Gasteiger partial charge in [0.25, 0.3) is 5.56 Å². The van der Waals surface area contributed by atoms with Crippen LogP contribution in [0.4, 0.5) is 19.1 Å². The van der Waals surface area contributed by atoms with Gasteiger partial charge in [0.2, 0.25) is 5.95 Å². The van der Waals surface area contributed by atoms with E-state index in [1.165, 1.54) is 4.90 Å². The highest BCUT2D eigenvalue weighted by atomic mass is 19.4. The Morgan fingerprint density at radius 2 is 2.27 bits per heavy atom. The van der Waals surface area contributed by atoms with Gasteiger partial charge < -0.3 is 9.64 Å². The number of halogens is 3. The maximum atomic E-state index is 12.7. The first-order valence-corrected chi connectivity index (χ1v) is 6.91. The lowest BCUT2D eigenvalue weighted by Gasteiger charge is -2.32. The van der Waals surface area contributed by atoms with Gasteiger partial charge in [-0.15, -0.1) is 0 Å². The highest BCUT2D eigenvalue weighted by Gasteiger charge is 2.35. The van der Waals surface area contributed by atoms with Crippen LogP contribution >= 0.6 is 0 Å². The molecular formula is C13H16F3N3O3. The number of esters is 1. The molecule has 0 aromatic carbocycles. The number of carbonyl (C=O) groups excluding carboxylic acids is 1. The van der Waals surface area contributed by atoms with Crippen molar-refractivity contribution in [1.29, 1.82) is 0 Å². The lowest BCUT2D eigenvalue weighted by Crippen LogP contribution is -2.41. The third kappa shape index (κ3) is 3.77. The van der Waals surface area contributed by atoms with Crippen LogP contribution in [0.2, 0.25) is 0 Å². The fourth-order valence-electron chi connectivity index (χ4n) is 2.36. The summed E-state index contributed by atoms with van der Waals surface area (Å²) in [6.45, 7) is 2.52. The number of anilines is 1. The Labute approximate surface area is 124 Å². The standard InChI is InChI=1S/C13H16F3N3O3/c1-2-22-11(21)8-4-3-5-19(7-8)12-17-9(13(14,15)16)6-10(20)18-12/h6,8H,2-5,7H2,1H3,(H,17,18,20). The van der Waals surface area contributed by atoms with Crippen molar-refractivity contribution in [3.63, 3.8) is 0 Å². The Kier molecular flexibility index (Phi) is 4.72. The maximum Gasteiger partial charge on any atom is 0.433 e. The highest BCUT2D eigenvalue weighted by molar-refractivity contribution is 5.73. The summed E-state index contributed by atoms with van der Waals surface area (Å²) in [4.78, 5) is 30.4. The van der Waals surface area contributed by atoms with E-state index >= 15 is 0 Å². The molecule has 1 fully saturated rings. The molecule has 0 aliphatic carbocycles. The summed E-state index contributed by atoms with van der Waals surface area (Å²) in [5.74, 6) is -0.996. The second-order valence-corrected chi connectivity index (χ2v) is 4.99. The predicted molar refractivity (Wildman–Crippen MR) is 71.4 cm³/mol. The van der Waals surface area contributed by atoms with Gasteiger partial charge in [0, 0.05) is 19.2 Å². The van der Waals surface area contributed by atoms with Gasteiger partial charge in [-0.05, 0) is 19.8 Å². The summed E-state index contributed by atoms with van der Waals surface area (Å²) in [6.07, 6.45) is -3.50. The van der Waals surface area contributed by atoms with Crippen molar-refractivity contribution < 1.29 is 22.7 Å². The zero-order chi connectivity index (χ0) is 16.3. The highest BCUT2D eigenvalue weighted by Crippen LogP contribution is 2.28. The van der Waals surface area contributed by atoms with Crippen LogP contribution in [-0.4, -0.2) is 35.6 Å². The Morgan fingerprint density at radius 1 is 1.55 bits per heavy atom. The second kappa shape index (κ2) is 6.37. The zero-order valence-corrected chi connectivity index (χ0v) is 11.9. The van der Waals surface area contributed by atoms with Gasteiger partial charge in [0.1, 0.15) is 0 Å². The van der Waals surface area contributed by atoms with Crippen molar-refractivity contribution in [2.45, 2.75) is 25.9 Å². The average Bonchev–Trinajstić information content (AvgIpc) is 2.46. The fourth-order valence-corrected chi connectivity index (χ4v) is 2.36. The van der Waals surface area contributed by atoms with Crippen LogP contribution in [0.25, 0.3) is 0 Å². The summed E-state index contributed by atoms with van der Waals surface area (Å²) < 4.78 is 43.1. The molecule has 1 atom stereocenters. The molecule has 1 N–H and O–H groups in total. The smallest absolute Gasteiger partial charge is 0.433 e. The van der Waals surface area contributed by atoms with E-state index in [0.717, 1.165) is 0 Å². The number of aromatic amines is 1. The number of nitrogens with one attached hydrogen (secondary N) is 1. The van der Waals surface area contributed by atoms with E-state index in [1.54, 1.807) is 6.92 Å². The van der Waals surface area contributed by atoms with E-state index in [4.69, 9.17) is 4.74 Å². The van der Waals surface area contributed by atoms with Crippen molar-refractivity contribution in [3.05, 3.63) is 22.1 Å². The number of nitrogens with zero attached hydrogens (tertiary/aromatic N) is 2. The van der Waals surface area contributed by atoms with E-state index in [-0.39, 0.29) is 25.1 Å². The molecule has 1 saturated heterocycles. The molecule has 0 amide bonds. The van der Waals surface area contributed by atoms with Gasteiger partial charge in [-0.25, -0.2) is 4.98 Å². The zero-order valence-electron chi connectivity index (χ0n) is 11.9. The van der Waals surface area contributed by atoms with Crippen molar-refractivity contribution >= 4 is 11.9 Å². The Bertz CT molecular complexity index is 600. The van der Waals surface area contributed by atoms with Crippen LogP contribution < -0.4 is 10.5 Å². The first kappa shape index (κ1) is 16.3. The van der Waals surface area contributed by atoms with Crippen LogP contribution in [0.15, 0.2) is 10.9 Å². The molecule has 0 spiro atoms. The van der Waals surface area contributed by atoms with Crippen LogP contribution in [0, 0.1) is 5.92 Å². The molecule has 0 saturated carbocycles. The monoisotopic (exact) mass is 319 g/mol. The molecule has 1 aromatic rings. The van der Waals surface area contributed by atoms with Crippen LogP contribution in [0.3, 0.4) is 0 Å². The number of rotatable bonds is 3. The Hall–Kier alpha value is -2.06. The summed E-state index contributed by atoms with van der Waals surface area (Å²) in [5.41, 5.74) is -2.12. The van der Waals surface area contributed by atoms with Gasteiger partial charge in [0.15, 0.2) is 5.69 Å². The van der Waals surface area contributed by atoms with Crippen LogP contribution in [0.1, 0.15) is 25.5 Å². The first-order valence-electron chi connectivity index (χ1n) is 6.91. The van der Waals surface area contributed by atoms with Crippen LogP contribution in [-0.2, 0) is 15.7 Å². The summed E-state index contributed by atoms with van der Waals surface area (Å²) in [7, 11) is 0. The van der Waals surface area contributed by atoms with Gasteiger partial charge in [-0.2, -0.15) is 13.2 Å². The molecule has 9 heteroatoms. The lowest BCUT2D eigenvalue weighted by atomic mass is 9.98. The summed E-state index contributed by atoms with van der Waals surface area (Å²) in [6, 6.07) is 0.413. The Balaban J connectivity index is 2.22. The Morgan fingerprint density at radius 3 is 2.91 bits per heavy atom. The largest absolute Gasteiger partial charge is 0.466 e. The quantitative estimate of drug-likeness (QED) is 0.856. The SMILES string of the molecule is CCOC(=O)C1CCCN(c2nc(C(F)(F)F)cc(=O)[nH]2)C1. The minimum Gasteiger partial charge on any atom is -0.466 e. The van der Waals surface area contributed by atoms with E-state index in [9.17, 15) is 22.8 Å². The number of hydrogen-bond donors (Lipinski definition) is 1. The molecule has 1 aromatic heterocycles. The van der Waals surface area contributed by atoms with Crippen LogP contribution in [0.5, 0.6) is 0 Å². The minimum absolute atomic E-state index is 0.170. The van der Waals surface area contributed by atoms with Gasteiger partial charge in [-0.3, -0.25) is 14.6 Å². The van der Waals surface area contributed by atoms with Crippen molar-refractivity contribution in [2.75, 3.05) is 24.6 Å². The molecule has 0 radical (unpaired) electrons. The number of H-pyrrole nitrogens is 1. The molecule has 1 aliphatic heterocycles. The second-order valence-electron chi connectivity index (χ2n) is 4.99. The molecule has 2 heterocycles. The number of piperidine rings is 1. The minimum atomic E-state index is -4.70. The van der Waals surface area contributed by atoms with Gasteiger partial charge in [-0.1, -0.05) is 0 Å². The van der Waals surface area contributed by atoms with Crippen molar-refractivity contribution in [2.24, 2.45) is 5.92 Å². The van der Waals surface area contributed by atoms with Crippen molar-refractivity contribution in [3.8, 4) is 0 Å². The molecule has 22 heavy (non-hydrogen) atoms. The fraction of sp³-hybridized carbons (Fsp3) is 0.615. The predicted octanol–water partition coefficient (Wildman–Crippen LogP) is 1.57. The van der Waals surface area contributed by atoms with E-state index in [0.29, 0.717) is 25.5 Å². The lowest BCUT2D eigenvalue weighted by molar-refractivity contribution is -0.148. The van der Waals surface area contributed by atoms with E-state index < -0.39 is 23.3 Å². The van der Waals surface area contributed by atoms with Gasteiger partial charge in [0.05, 0.1) is 12.5 Å². The summed E-state index contributed by atoms with van der Waals surface area (Å²) in [5, 5.41) is 0. The third-order valence-corrected chi connectivity index (χ3v) is 3.36. The summed E-state index contributed by atoms with van der Waals surface area (Å²) >= 11 is 0. The molecule has 2 rings (SSSR count).